The van der Waals surface area contributed by atoms with Gasteiger partial charge in [-0.15, -0.1) is 0 Å². The molecule has 4 nitrogen and oxygen atoms in total. The summed E-state index contributed by atoms with van der Waals surface area (Å²) < 4.78 is 0. The van der Waals surface area contributed by atoms with Gasteiger partial charge in [0.25, 0.3) is 0 Å². The Bertz CT molecular complexity index is 568. The van der Waals surface area contributed by atoms with Crippen molar-refractivity contribution in [2.75, 3.05) is 0 Å². The van der Waals surface area contributed by atoms with Crippen molar-refractivity contribution in [3.05, 3.63) is 35.4 Å². The number of nitrogens with two attached hydrogens (primary N) is 2. The summed E-state index contributed by atoms with van der Waals surface area (Å²) in [4.78, 5) is 8.40. The highest BCUT2D eigenvalue weighted by atomic mass is 15.0. The average Bonchev–Trinajstić information content (AvgIpc) is 2.19. The van der Waals surface area contributed by atoms with E-state index in [1.807, 2.05) is 38.1 Å². The van der Waals surface area contributed by atoms with Crippen molar-refractivity contribution in [1.29, 1.82) is 0 Å². The van der Waals surface area contributed by atoms with E-state index in [0.717, 1.165) is 22.0 Å². The quantitative estimate of drug-likeness (QED) is 0.561. The first-order valence-corrected chi connectivity index (χ1v) is 5.04. The summed E-state index contributed by atoms with van der Waals surface area (Å²) in [6.45, 7) is 4.04. The van der Waals surface area contributed by atoms with E-state index in [1.54, 1.807) is 0 Å². The molecule has 2 aromatic rings. The number of fused-ring (bicyclic) bond motifs is 1. The van der Waals surface area contributed by atoms with Gasteiger partial charge in [0.05, 0.1) is 5.52 Å². The predicted molar refractivity (Wildman–Crippen MR) is 66.7 cm³/mol. The number of pyridine rings is 1. The van der Waals surface area contributed by atoms with Crippen molar-refractivity contribution < 1.29 is 0 Å². The smallest absolute Gasteiger partial charge is 0.192 e. The van der Waals surface area contributed by atoms with Crippen molar-refractivity contribution in [3.63, 3.8) is 0 Å². The standard InChI is InChI=1S/C12H14N4/c1-7-4-3-5-9-8(2)6-10(15-11(7)9)16-12(13)14/h3-6H,1-2H3,(H4,13,14,15,16). The summed E-state index contributed by atoms with van der Waals surface area (Å²) in [5.74, 6) is 0.583. The SMILES string of the molecule is Cc1cc(N=C(N)N)nc2c(C)cccc12. The van der Waals surface area contributed by atoms with Crippen LogP contribution < -0.4 is 11.5 Å². The number of aliphatic imine (C=N–C) groups is 1. The Morgan fingerprint density at radius 2 is 1.94 bits per heavy atom. The molecule has 0 radical (unpaired) electrons. The van der Waals surface area contributed by atoms with Gasteiger partial charge in [0.15, 0.2) is 11.8 Å². The Hall–Kier alpha value is -2.10. The van der Waals surface area contributed by atoms with Gasteiger partial charge >= 0.3 is 0 Å². The molecule has 82 valence electrons. The van der Waals surface area contributed by atoms with Crippen molar-refractivity contribution in [1.82, 2.24) is 4.98 Å². The van der Waals surface area contributed by atoms with Gasteiger partial charge in [-0.3, -0.25) is 0 Å². The fraction of sp³-hybridized carbons (Fsp3) is 0.167. The van der Waals surface area contributed by atoms with E-state index >= 15 is 0 Å². The maximum Gasteiger partial charge on any atom is 0.192 e. The minimum Gasteiger partial charge on any atom is -0.370 e. The molecule has 4 N–H and O–H groups in total. The molecule has 4 heteroatoms. The molecular formula is C12H14N4. The van der Waals surface area contributed by atoms with Crippen molar-refractivity contribution >= 4 is 22.7 Å². The molecule has 0 aliphatic carbocycles. The molecule has 0 atom stereocenters. The summed E-state index contributed by atoms with van der Waals surface area (Å²) in [6, 6.07) is 7.96. The van der Waals surface area contributed by atoms with Crippen LogP contribution in [0.25, 0.3) is 10.9 Å². The minimum atomic E-state index is 0.0276. The van der Waals surface area contributed by atoms with Crippen LogP contribution in [0, 0.1) is 13.8 Å². The van der Waals surface area contributed by atoms with Gasteiger partial charge in [-0.2, -0.15) is 4.99 Å². The lowest BCUT2D eigenvalue weighted by molar-refractivity contribution is 1.27. The molecule has 1 heterocycles. The third-order valence-electron chi connectivity index (χ3n) is 2.48. The van der Waals surface area contributed by atoms with Gasteiger partial charge in [0.2, 0.25) is 0 Å². The van der Waals surface area contributed by atoms with Crippen LogP contribution >= 0.6 is 0 Å². The Morgan fingerprint density at radius 3 is 2.62 bits per heavy atom. The summed E-state index contributed by atoms with van der Waals surface area (Å²) >= 11 is 0. The number of nitrogens with zero attached hydrogens (tertiary/aromatic N) is 2. The highest BCUT2D eigenvalue weighted by Gasteiger charge is 2.04. The first-order valence-electron chi connectivity index (χ1n) is 5.04. The Morgan fingerprint density at radius 1 is 1.19 bits per heavy atom. The Labute approximate surface area is 94.0 Å². The first-order chi connectivity index (χ1) is 7.58. The molecule has 0 aliphatic rings. The third kappa shape index (κ3) is 1.82. The van der Waals surface area contributed by atoms with E-state index in [9.17, 15) is 0 Å². The van der Waals surface area contributed by atoms with Crippen LogP contribution in [0.15, 0.2) is 29.3 Å². The van der Waals surface area contributed by atoms with Gasteiger partial charge in [0, 0.05) is 5.39 Å². The topological polar surface area (TPSA) is 77.3 Å². The average molecular weight is 214 g/mol. The summed E-state index contributed by atoms with van der Waals surface area (Å²) in [5.41, 5.74) is 13.9. The number of para-hydroxylation sites is 1. The molecule has 0 saturated carbocycles. The Balaban J connectivity index is 2.75. The third-order valence-corrected chi connectivity index (χ3v) is 2.48. The van der Waals surface area contributed by atoms with Crippen LogP contribution in [0.5, 0.6) is 0 Å². The fourth-order valence-electron chi connectivity index (χ4n) is 1.73. The van der Waals surface area contributed by atoms with Gasteiger partial charge in [-0.05, 0) is 31.0 Å². The van der Waals surface area contributed by atoms with E-state index in [-0.39, 0.29) is 5.96 Å². The minimum absolute atomic E-state index is 0.0276. The largest absolute Gasteiger partial charge is 0.370 e. The molecule has 0 unspecified atom stereocenters. The number of hydrogen-bond acceptors (Lipinski definition) is 2. The number of hydrogen-bond donors (Lipinski definition) is 2. The second-order valence-electron chi connectivity index (χ2n) is 3.81. The van der Waals surface area contributed by atoms with E-state index in [2.05, 4.69) is 9.98 Å². The van der Waals surface area contributed by atoms with Crippen LogP contribution in [-0.4, -0.2) is 10.9 Å². The highest BCUT2D eigenvalue weighted by molar-refractivity contribution is 5.87. The Kier molecular flexibility index (Phi) is 2.48. The first kappa shape index (κ1) is 10.4. The zero-order chi connectivity index (χ0) is 11.7. The highest BCUT2D eigenvalue weighted by Crippen LogP contribution is 2.23. The van der Waals surface area contributed by atoms with E-state index in [1.165, 1.54) is 0 Å². The van der Waals surface area contributed by atoms with E-state index < -0.39 is 0 Å². The predicted octanol–water partition coefficient (Wildman–Crippen LogP) is 1.76. The van der Waals surface area contributed by atoms with Gasteiger partial charge in [0.1, 0.15) is 0 Å². The van der Waals surface area contributed by atoms with Crippen molar-refractivity contribution in [2.24, 2.45) is 16.5 Å². The van der Waals surface area contributed by atoms with Crippen LogP contribution in [0.4, 0.5) is 5.82 Å². The fourth-order valence-corrected chi connectivity index (χ4v) is 1.73. The van der Waals surface area contributed by atoms with E-state index in [4.69, 9.17) is 11.5 Å². The molecule has 1 aromatic heterocycles. The van der Waals surface area contributed by atoms with Crippen molar-refractivity contribution in [2.45, 2.75) is 13.8 Å². The lowest BCUT2D eigenvalue weighted by Crippen LogP contribution is -2.22. The van der Waals surface area contributed by atoms with Crippen LogP contribution in [0.3, 0.4) is 0 Å². The molecule has 0 aliphatic heterocycles. The molecule has 1 aromatic carbocycles. The van der Waals surface area contributed by atoms with E-state index in [0.29, 0.717) is 5.82 Å². The molecule has 2 rings (SSSR count). The summed E-state index contributed by atoms with van der Waals surface area (Å²) in [7, 11) is 0. The number of benzene rings is 1. The maximum absolute atomic E-state index is 5.34. The summed E-state index contributed by atoms with van der Waals surface area (Å²) in [5, 5.41) is 1.13. The number of aryl methyl sites for hydroxylation is 2. The summed E-state index contributed by atoms with van der Waals surface area (Å²) in [6.07, 6.45) is 0. The molecule has 16 heavy (non-hydrogen) atoms. The molecule has 0 fully saturated rings. The van der Waals surface area contributed by atoms with Gasteiger partial charge in [-0.1, -0.05) is 18.2 Å². The molecule has 0 bridgehead atoms. The maximum atomic E-state index is 5.34. The molecule has 0 spiro atoms. The van der Waals surface area contributed by atoms with Crippen molar-refractivity contribution in [3.8, 4) is 0 Å². The number of aromatic nitrogens is 1. The second kappa shape index (κ2) is 3.81. The zero-order valence-electron chi connectivity index (χ0n) is 9.36. The van der Waals surface area contributed by atoms with Crippen LogP contribution in [0.2, 0.25) is 0 Å². The molecule has 0 amide bonds. The zero-order valence-corrected chi connectivity index (χ0v) is 9.36. The molecule has 0 saturated heterocycles. The number of guanidine groups is 1. The van der Waals surface area contributed by atoms with Gasteiger partial charge < -0.3 is 11.5 Å². The molecular weight excluding hydrogens is 200 g/mol. The normalized spacial score (nSPS) is 10.4. The van der Waals surface area contributed by atoms with Gasteiger partial charge in [-0.25, -0.2) is 4.98 Å². The van der Waals surface area contributed by atoms with Crippen LogP contribution in [0.1, 0.15) is 11.1 Å². The monoisotopic (exact) mass is 214 g/mol. The number of rotatable bonds is 1. The lowest BCUT2D eigenvalue weighted by Gasteiger charge is -2.05. The lowest BCUT2D eigenvalue weighted by atomic mass is 10.1. The second-order valence-corrected chi connectivity index (χ2v) is 3.81. The van der Waals surface area contributed by atoms with Crippen LogP contribution in [-0.2, 0) is 0 Å².